The molecule has 0 radical (unpaired) electrons. The van der Waals surface area contributed by atoms with Crippen molar-refractivity contribution in [3.05, 3.63) is 23.7 Å². The Morgan fingerprint density at radius 1 is 1.12 bits per heavy atom. The van der Waals surface area contributed by atoms with Crippen molar-refractivity contribution >= 4 is 0 Å². The smallest absolute Gasteiger partial charge is 0.121 e. The standard InChI is InChI=1S/C15H27NO/c1-4-6-7-8-9-10-14(16-3)15-12-11-13(5-2)17-15/h11-12,14,16H,4-10H2,1-3H3. The van der Waals surface area contributed by atoms with Crippen LogP contribution in [0, 0.1) is 0 Å². The van der Waals surface area contributed by atoms with Gasteiger partial charge < -0.3 is 9.73 Å². The average molecular weight is 237 g/mol. The van der Waals surface area contributed by atoms with Crippen molar-refractivity contribution in [2.24, 2.45) is 0 Å². The Bertz CT molecular complexity index is 293. The largest absolute Gasteiger partial charge is 0.464 e. The summed E-state index contributed by atoms with van der Waals surface area (Å²) in [5.41, 5.74) is 0. The van der Waals surface area contributed by atoms with Gasteiger partial charge in [0.05, 0.1) is 6.04 Å². The number of unbranched alkanes of at least 4 members (excludes halogenated alkanes) is 4. The number of hydrogen-bond donors (Lipinski definition) is 1. The minimum Gasteiger partial charge on any atom is -0.464 e. The zero-order chi connectivity index (χ0) is 12.5. The van der Waals surface area contributed by atoms with Gasteiger partial charge in [-0.2, -0.15) is 0 Å². The maximum absolute atomic E-state index is 5.80. The van der Waals surface area contributed by atoms with Crippen molar-refractivity contribution < 1.29 is 4.42 Å². The van der Waals surface area contributed by atoms with Crippen molar-refractivity contribution in [2.75, 3.05) is 7.05 Å². The lowest BCUT2D eigenvalue weighted by molar-refractivity contribution is 0.385. The summed E-state index contributed by atoms with van der Waals surface area (Å²) in [6.45, 7) is 4.38. The lowest BCUT2D eigenvalue weighted by Crippen LogP contribution is -2.15. The van der Waals surface area contributed by atoms with Crippen molar-refractivity contribution in [2.45, 2.75) is 64.8 Å². The van der Waals surface area contributed by atoms with E-state index >= 15 is 0 Å². The van der Waals surface area contributed by atoms with Crippen LogP contribution < -0.4 is 5.32 Å². The molecule has 1 aromatic rings. The second-order valence-electron chi connectivity index (χ2n) is 4.70. The van der Waals surface area contributed by atoms with Crippen molar-refractivity contribution in [1.82, 2.24) is 5.32 Å². The van der Waals surface area contributed by atoms with E-state index in [2.05, 4.69) is 31.3 Å². The van der Waals surface area contributed by atoms with Crippen LogP contribution in [0.1, 0.15) is 69.9 Å². The molecule has 1 rings (SSSR count). The highest BCUT2D eigenvalue weighted by molar-refractivity contribution is 5.10. The fourth-order valence-electron chi connectivity index (χ4n) is 2.15. The lowest BCUT2D eigenvalue weighted by Gasteiger charge is -2.13. The summed E-state index contributed by atoms with van der Waals surface area (Å²) in [6.07, 6.45) is 8.83. The Balaban J connectivity index is 2.32. The minimum atomic E-state index is 0.386. The first-order chi connectivity index (χ1) is 8.31. The molecule has 1 N–H and O–H groups in total. The van der Waals surface area contributed by atoms with Crippen molar-refractivity contribution in [3.8, 4) is 0 Å². The fourth-order valence-corrected chi connectivity index (χ4v) is 2.15. The Morgan fingerprint density at radius 3 is 2.47 bits per heavy atom. The molecule has 0 aliphatic carbocycles. The van der Waals surface area contributed by atoms with Gasteiger partial charge in [-0.15, -0.1) is 0 Å². The molecule has 2 nitrogen and oxygen atoms in total. The highest BCUT2D eigenvalue weighted by atomic mass is 16.3. The van der Waals surface area contributed by atoms with Crippen LogP contribution in [0.3, 0.4) is 0 Å². The Hall–Kier alpha value is -0.760. The number of aryl methyl sites for hydroxylation is 1. The minimum absolute atomic E-state index is 0.386. The maximum atomic E-state index is 5.80. The van der Waals surface area contributed by atoms with Gasteiger partial charge in [0, 0.05) is 6.42 Å². The third-order valence-electron chi connectivity index (χ3n) is 3.32. The lowest BCUT2D eigenvalue weighted by atomic mass is 10.0. The maximum Gasteiger partial charge on any atom is 0.121 e. The number of nitrogens with one attached hydrogen (secondary N) is 1. The first-order valence-electron chi connectivity index (χ1n) is 7.07. The van der Waals surface area contributed by atoms with Gasteiger partial charge >= 0.3 is 0 Å². The Labute approximate surface area is 106 Å². The summed E-state index contributed by atoms with van der Waals surface area (Å²) in [5, 5.41) is 3.35. The summed E-state index contributed by atoms with van der Waals surface area (Å²) in [7, 11) is 2.02. The van der Waals surface area contributed by atoms with E-state index in [1.807, 2.05) is 7.05 Å². The molecule has 1 aromatic heterocycles. The third-order valence-corrected chi connectivity index (χ3v) is 3.32. The van der Waals surface area contributed by atoms with Crippen LogP contribution in [-0.4, -0.2) is 7.05 Å². The molecule has 0 amide bonds. The molecule has 0 fully saturated rings. The highest BCUT2D eigenvalue weighted by Crippen LogP contribution is 2.22. The van der Waals surface area contributed by atoms with Gasteiger partial charge in [0.15, 0.2) is 0 Å². The van der Waals surface area contributed by atoms with E-state index in [1.54, 1.807) is 0 Å². The number of furan rings is 1. The van der Waals surface area contributed by atoms with Gasteiger partial charge in [-0.3, -0.25) is 0 Å². The van der Waals surface area contributed by atoms with Gasteiger partial charge in [-0.1, -0.05) is 46.0 Å². The molecular weight excluding hydrogens is 210 g/mol. The molecule has 98 valence electrons. The van der Waals surface area contributed by atoms with E-state index in [-0.39, 0.29) is 0 Å². The monoisotopic (exact) mass is 237 g/mol. The topological polar surface area (TPSA) is 25.2 Å². The highest BCUT2D eigenvalue weighted by Gasteiger charge is 2.12. The van der Waals surface area contributed by atoms with E-state index < -0.39 is 0 Å². The summed E-state index contributed by atoms with van der Waals surface area (Å²) >= 11 is 0. The van der Waals surface area contributed by atoms with Crippen LogP contribution in [0.5, 0.6) is 0 Å². The summed E-state index contributed by atoms with van der Waals surface area (Å²) in [6, 6.07) is 4.60. The Kier molecular flexibility index (Phi) is 7.02. The van der Waals surface area contributed by atoms with E-state index in [1.165, 1.54) is 38.5 Å². The predicted octanol–water partition coefficient (Wildman–Crippen LogP) is 4.46. The first kappa shape index (κ1) is 14.3. The third kappa shape index (κ3) is 4.95. The second-order valence-corrected chi connectivity index (χ2v) is 4.70. The van der Waals surface area contributed by atoms with E-state index in [0.717, 1.165) is 17.9 Å². The normalized spacial score (nSPS) is 12.9. The molecule has 0 spiro atoms. The molecule has 1 heterocycles. The van der Waals surface area contributed by atoms with Crippen LogP contribution in [0.25, 0.3) is 0 Å². The average Bonchev–Trinajstić information content (AvgIpc) is 2.82. The second kappa shape index (κ2) is 8.35. The fraction of sp³-hybridized carbons (Fsp3) is 0.733. The first-order valence-corrected chi connectivity index (χ1v) is 7.07. The van der Waals surface area contributed by atoms with Crippen molar-refractivity contribution in [3.63, 3.8) is 0 Å². The quantitative estimate of drug-likeness (QED) is 0.641. The zero-order valence-corrected chi connectivity index (χ0v) is 11.6. The van der Waals surface area contributed by atoms with Gasteiger partial charge in [-0.05, 0) is 25.6 Å². The zero-order valence-electron chi connectivity index (χ0n) is 11.6. The van der Waals surface area contributed by atoms with Crippen molar-refractivity contribution in [1.29, 1.82) is 0 Å². The van der Waals surface area contributed by atoms with Crippen LogP contribution in [0.4, 0.5) is 0 Å². The molecular formula is C15H27NO. The summed E-state index contributed by atoms with van der Waals surface area (Å²) < 4.78 is 5.80. The van der Waals surface area contributed by atoms with E-state index in [4.69, 9.17) is 4.42 Å². The van der Waals surface area contributed by atoms with E-state index in [0.29, 0.717) is 6.04 Å². The summed E-state index contributed by atoms with van der Waals surface area (Å²) in [4.78, 5) is 0. The van der Waals surface area contributed by atoms with Crippen LogP contribution in [0.15, 0.2) is 16.5 Å². The molecule has 1 unspecified atom stereocenters. The summed E-state index contributed by atoms with van der Waals surface area (Å²) in [5.74, 6) is 2.19. The molecule has 0 aromatic carbocycles. The molecule has 0 aliphatic heterocycles. The molecule has 0 aliphatic rings. The molecule has 17 heavy (non-hydrogen) atoms. The molecule has 0 bridgehead atoms. The molecule has 2 heteroatoms. The molecule has 1 atom stereocenters. The van der Waals surface area contributed by atoms with Gasteiger partial charge in [-0.25, -0.2) is 0 Å². The van der Waals surface area contributed by atoms with Gasteiger partial charge in [0.25, 0.3) is 0 Å². The van der Waals surface area contributed by atoms with Crippen LogP contribution in [-0.2, 0) is 6.42 Å². The van der Waals surface area contributed by atoms with Gasteiger partial charge in [0.2, 0.25) is 0 Å². The van der Waals surface area contributed by atoms with E-state index in [9.17, 15) is 0 Å². The predicted molar refractivity (Wildman–Crippen MR) is 73.3 cm³/mol. The van der Waals surface area contributed by atoms with Gasteiger partial charge in [0.1, 0.15) is 11.5 Å². The van der Waals surface area contributed by atoms with Crippen LogP contribution >= 0.6 is 0 Å². The van der Waals surface area contributed by atoms with Crippen LogP contribution in [0.2, 0.25) is 0 Å². The Morgan fingerprint density at radius 2 is 1.88 bits per heavy atom. The molecule has 0 saturated heterocycles. The molecule has 0 saturated carbocycles. The number of hydrogen-bond acceptors (Lipinski definition) is 2. The number of rotatable bonds is 9. The SMILES string of the molecule is CCCCCCCC(NC)c1ccc(CC)o1.